The highest BCUT2D eigenvalue weighted by Gasteiger charge is 2.29. The van der Waals surface area contributed by atoms with Crippen LogP contribution in [0.2, 0.25) is 0 Å². The lowest BCUT2D eigenvalue weighted by Gasteiger charge is -2.33. The number of fused-ring (bicyclic) bond motifs is 1. The molecule has 13 heteroatoms. The van der Waals surface area contributed by atoms with E-state index in [1.165, 1.54) is 18.5 Å². The molecule has 1 unspecified atom stereocenters. The van der Waals surface area contributed by atoms with Crippen LogP contribution in [-0.4, -0.2) is 59.3 Å². The molecule has 1 aliphatic rings. The summed E-state index contributed by atoms with van der Waals surface area (Å²) in [7, 11) is 0. The first kappa shape index (κ1) is 28.9. The topological polar surface area (TPSA) is 123 Å². The Morgan fingerprint density at radius 1 is 1.14 bits per heavy atom. The molecule has 11 nitrogen and oxygen atoms in total. The number of nitrogens with zero attached hydrogens (tertiary/aromatic N) is 8. The van der Waals surface area contributed by atoms with Crippen LogP contribution < -0.4 is 4.74 Å². The molecule has 4 aromatic rings. The van der Waals surface area contributed by atoms with Crippen molar-refractivity contribution in [3.63, 3.8) is 0 Å². The van der Waals surface area contributed by atoms with E-state index in [0.717, 1.165) is 11.9 Å². The van der Waals surface area contributed by atoms with E-state index in [2.05, 4.69) is 26.5 Å². The van der Waals surface area contributed by atoms with E-state index in [0.29, 0.717) is 59.6 Å². The molecule has 0 spiro atoms. The van der Waals surface area contributed by atoms with Gasteiger partial charge in [-0.05, 0) is 59.6 Å². The summed E-state index contributed by atoms with van der Waals surface area (Å²) in [5.74, 6) is 0.344. The average Bonchev–Trinajstić information content (AvgIpc) is 3.55. The molecule has 42 heavy (non-hydrogen) atoms. The van der Waals surface area contributed by atoms with Crippen LogP contribution in [0.5, 0.6) is 5.75 Å². The maximum Gasteiger partial charge on any atom is 0.410 e. The van der Waals surface area contributed by atoms with Crippen molar-refractivity contribution in [2.45, 2.75) is 71.6 Å². The first-order valence-corrected chi connectivity index (χ1v) is 13.7. The number of carbonyl (C=O) groups excluding carboxylic acids is 1. The molecule has 1 amide bonds. The van der Waals surface area contributed by atoms with Gasteiger partial charge in [0.15, 0.2) is 0 Å². The maximum atomic E-state index is 13.3. The lowest BCUT2D eigenvalue weighted by Crippen LogP contribution is -2.42. The minimum Gasteiger partial charge on any atom is -0.484 e. The molecule has 1 fully saturated rings. The van der Waals surface area contributed by atoms with Crippen molar-refractivity contribution in [2.75, 3.05) is 13.1 Å². The molecule has 0 radical (unpaired) electrons. The standard InChI is InChI=1S/C29H32F2N8O3/c1-17-25(35-36-39(17)23-6-8-37(9-7-23)28(40)42-29(3,4)5)21-11-24(26-22(12-32)15-34-38(26)16-21)41-18(2)19-10-20(27(30)31)14-33-13-19/h10-11,13-16,18,23,27H,6-9H2,1-5H3. The smallest absolute Gasteiger partial charge is 0.410 e. The van der Waals surface area contributed by atoms with Crippen molar-refractivity contribution < 1.29 is 23.0 Å². The van der Waals surface area contributed by atoms with Gasteiger partial charge in [-0.25, -0.2) is 22.8 Å². The Hall–Kier alpha value is -4.60. The fourth-order valence-corrected chi connectivity index (χ4v) is 5.04. The molecule has 0 bridgehead atoms. The first-order valence-electron chi connectivity index (χ1n) is 13.7. The van der Waals surface area contributed by atoms with Crippen LogP contribution in [0.25, 0.3) is 16.8 Å². The van der Waals surface area contributed by atoms with E-state index in [1.807, 2.05) is 32.4 Å². The number of alkyl halides is 2. The van der Waals surface area contributed by atoms with Crippen molar-refractivity contribution >= 4 is 11.6 Å². The highest BCUT2D eigenvalue weighted by molar-refractivity contribution is 5.75. The van der Waals surface area contributed by atoms with Gasteiger partial charge in [-0.15, -0.1) is 5.10 Å². The molecule has 5 heterocycles. The first-order chi connectivity index (χ1) is 19.9. The molecular formula is C29H32F2N8O3. The molecule has 0 saturated carbocycles. The fourth-order valence-electron chi connectivity index (χ4n) is 5.04. The Labute approximate surface area is 241 Å². The lowest BCUT2D eigenvalue weighted by molar-refractivity contribution is 0.0183. The number of halogens is 2. The highest BCUT2D eigenvalue weighted by atomic mass is 19.3. The fraction of sp³-hybridized carbons (Fsp3) is 0.448. The van der Waals surface area contributed by atoms with Gasteiger partial charge in [-0.2, -0.15) is 10.4 Å². The average molecular weight is 579 g/mol. The van der Waals surface area contributed by atoms with Gasteiger partial charge >= 0.3 is 6.09 Å². The van der Waals surface area contributed by atoms with Crippen LogP contribution in [0.15, 0.2) is 36.9 Å². The summed E-state index contributed by atoms with van der Waals surface area (Å²) in [4.78, 5) is 18.1. The molecular weight excluding hydrogens is 546 g/mol. The number of amides is 1. The molecule has 1 aliphatic heterocycles. The Morgan fingerprint density at radius 3 is 2.52 bits per heavy atom. The zero-order valence-electron chi connectivity index (χ0n) is 24.1. The van der Waals surface area contributed by atoms with E-state index in [9.17, 15) is 18.8 Å². The molecule has 1 saturated heterocycles. The second-order valence-electron chi connectivity index (χ2n) is 11.3. The normalized spacial score (nSPS) is 15.2. The van der Waals surface area contributed by atoms with Crippen LogP contribution in [0.3, 0.4) is 0 Å². The second-order valence-corrected chi connectivity index (χ2v) is 11.3. The quantitative estimate of drug-likeness (QED) is 0.281. The lowest BCUT2D eigenvalue weighted by atomic mass is 10.0. The number of aromatic nitrogens is 6. The van der Waals surface area contributed by atoms with Gasteiger partial charge in [0.2, 0.25) is 0 Å². The van der Waals surface area contributed by atoms with Crippen molar-refractivity contribution in [2.24, 2.45) is 0 Å². The summed E-state index contributed by atoms with van der Waals surface area (Å²) in [6.45, 7) is 10.3. The number of hydrogen-bond donors (Lipinski definition) is 0. The van der Waals surface area contributed by atoms with Crippen molar-refractivity contribution in [1.82, 2.24) is 34.5 Å². The molecule has 1 atom stereocenters. The van der Waals surface area contributed by atoms with Gasteiger partial charge in [0.05, 0.1) is 17.9 Å². The number of ether oxygens (including phenoxy) is 2. The molecule has 4 aromatic heterocycles. The van der Waals surface area contributed by atoms with Crippen molar-refractivity contribution in [3.8, 4) is 23.1 Å². The summed E-state index contributed by atoms with van der Waals surface area (Å²) >= 11 is 0. The predicted octanol–water partition coefficient (Wildman–Crippen LogP) is 5.82. The van der Waals surface area contributed by atoms with Crippen LogP contribution >= 0.6 is 0 Å². The minimum atomic E-state index is -2.66. The number of hydrogen-bond acceptors (Lipinski definition) is 8. The second kappa shape index (κ2) is 11.3. The van der Waals surface area contributed by atoms with Crippen LogP contribution in [0, 0.1) is 18.3 Å². The van der Waals surface area contributed by atoms with Gasteiger partial charge in [0.1, 0.15) is 40.3 Å². The summed E-state index contributed by atoms with van der Waals surface area (Å²) in [5.41, 5.74) is 2.56. The third-order valence-corrected chi connectivity index (χ3v) is 7.17. The van der Waals surface area contributed by atoms with E-state index in [1.54, 1.807) is 28.6 Å². The summed E-state index contributed by atoms with van der Waals surface area (Å²) in [6.07, 6.45) is 3.56. The van der Waals surface area contributed by atoms with Crippen LogP contribution in [0.4, 0.5) is 13.6 Å². The van der Waals surface area contributed by atoms with E-state index >= 15 is 0 Å². The largest absolute Gasteiger partial charge is 0.484 e. The van der Waals surface area contributed by atoms with Crippen LogP contribution in [-0.2, 0) is 4.74 Å². The van der Waals surface area contributed by atoms with Gasteiger partial charge in [0.25, 0.3) is 6.43 Å². The van der Waals surface area contributed by atoms with Crippen molar-refractivity contribution in [3.05, 3.63) is 59.3 Å². The number of pyridine rings is 2. The third kappa shape index (κ3) is 5.88. The third-order valence-electron chi connectivity index (χ3n) is 7.17. The zero-order chi connectivity index (χ0) is 30.2. The Morgan fingerprint density at radius 2 is 1.86 bits per heavy atom. The van der Waals surface area contributed by atoms with Gasteiger partial charge in [-0.1, -0.05) is 5.21 Å². The Bertz CT molecular complexity index is 1640. The molecule has 0 aromatic carbocycles. The van der Waals surface area contributed by atoms with E-state index < -0.39 is 18.1 Å². The molecule has 220 valence electrons. The summed E-state index contributed by atoms with van der Waals surface area (Å²) < 4.78 is 41.7. The SMILES string of the molecule is Cc1c(-c2cc(OC(C)c3cncc(C(F)F)c3)c3c(C#N)cnn3c2)nnn1C1CCN(C(=O)OC(C)(C)C)CC1. The minimum absolute atomic E-state index is 0.0499. The Balaban J connectivity index is 1.41. The van der Waals surface area contributed by atoms with E-state index in [4.69, 9.17) is 9.47 Å². The summed E-state index contributed by atoms with van der Waals surface area (Å²) in [5, 5.41) is 22.9. The highest BCUT2D eigenvalue weighted by Crippen LogP contribution is 2.35. The molecule has 5 rings (SSSR count). The monoisotopic (exact) mass is 578 g/mol. The van der Waals surface area contributed by atoms with Gasteiger partial charge < -0.3 is 14.4 Å². The van der Waals surface area contributed by atoms with Gasteiger partial charge in [0, 0.05) is 48.4 Å². The number of likely N-dealkylation sites (tertiary alicyclic amines) is 1. The predicted molar refractivity (Wildman–Crippen MR) is 148 cm³/mol. The number of rotatable bonds is 6. The van der Waals surface area contributed by atoms with E-state index in [-0.39, 0.29) is 17.7 Å². The van der Waals surface area contributed by atoms with Crippen LogP contribution in [0.1, 0.15) is 81.5 Å². The number of carbonyl (C=O) groups is 1. The zero-order valence-corrected chi connectivity index (χ0v) is 24.1. The Kier molecular flexibility index (Phi) is 7.81. The molecule has 0 aliphatic carbocycles. The van der Waals surface area contributed by atoms with Crippen molar-refractivity contribution in [1.29, 1.82) is 5.26 Å². The molecule has 0 N–H and O–H groups in total. The maximum absolute atomic E-state index is 13.3. The summed E-state index contributed by atoms with van der Waals surface area (Å²) in [6, 6.07) is 5.29. The number of piperidine rings is 1. The number of nitriles is 1. The van der Waals surface area contributed by atoms with Gasteiger partial charge in [-0.3, -0.25) is 4.98 Å².